The Morgan fingerprint density at radius 1 is 1.11 bits per heavy atom. The number of sulfonamides is 1. The molecule has 5 nitrogen and oxygen atoms in total. The van der Waals surface area contributed by atoms with Gasteiger partial charge in [-0.25, -0.2) is 8.42 Å². The van der Waals surface area contributed by atoms with Gasteiger partial charge < -0.3 is 0 Å². The van der Waals surface area contributed by atoms with E-state index in [4.69, 9.17) is 23.2 Å². The number of nitrogens with zero attached hydrogens (tertiary/aromatic N) is 2. The van der Waals surface area contributed by atoms with Gasteiger partial charge in [-0.15, -0.1) is 0 Å². The third kappa shape index (κ3) is 5.28. The molecule has 0 radical (unpaired) electrons. The minimum Gasteiger partial charge on any atom is -0.276 e. The summed E-state index contributed by atoms with van der Waals surface area (Å²) >= 11 is 12.1. The van der Waals surface area contributed by atoms with Gasteiger partial charge in [0.15, 0.2) is 0 Å². The molecule has 8 heteroatoms. The molecule has 0 aliphatic rings. The highest BCUT2D eigenvalue weighted by Crippen LogP contribution is 2.22. The van der Waals surface area contributed by atoms with Crippen LogP contribution >= 0.6 is 23.2 Å². The van der Waals surface area contributed by atoms with E-state index in [-0.39, 0.29) is 4.90 Å². The van der Waals surface area contributed by atoms with Crippen LogP contribution in [0.4, 0.5) is 5.69 Å². The summed E-state index contributed by atoms with van der Waals surface area (Å²) in [5.74, 6) is 0. The molecule has 0 fully saturated rings. The molecule has 0 bridgehead atoms. The Balaban J connectivity index is 1.69. The molecule has 0 aliphatic carbocycles. The molecule has 0 saturated heterocycles. The summed E-state index contributed by atoms with van der Waals surface area (Å²) in [6.07, 6.45) is 6.23. The second kappa shape index (κ2) is 8.99. The van der Waals surface area contributed by atoms with Crippen LogP contribution < -0.4 is 4.72 Å². The molecular formula is C20H21Cl2N3O2S. The van der Waals surface area contributed by atoms with Gasteiger partial charge in [-0.1, -0.05) is 54.7 Å². The number of anilines is 1. The maximum absolute atomic E-state index is 12.6. The number of benzene rings is 2. The summed E-state index contributed by atoms with van der Waals surface area (Å²) in [5.41, 5.74) is 2.36. The zero-order valence-corrected chi connectivity index (χ0v) is 17.7. The standard InChI is InChI=1S/C20H21Cl2N3O2S/c1-2-3-4-15-5-9-19(10-6-15)28(26,27)24-18-12-23-25(14-18)13-16-7-8-17(21)11-20(16)22/h5-12,14,24H,2-4,13H2,1H3. The zero-order chi connectivity index (χ0) is 20.1. The third-order valence-electron chi connectivity index (χ3n) is 4.29. The number of hydrogen-bond acceptors (Lipinski definition) is 3. The van der Waals surface area contributed by atoms with Gasteiger partial charge >= 0.3 is 0 Å². The summed E-state index contributed by atoms with van der Waals surface area (Å²) in [5, 5.41) is 5.29. The van der Waals surface area contributed by atoms with Crippen molar-refractivity contribution in [1.82, 2.24) is 9.78 Å². The highest BCUT2D eigenvalue weighted by atomic mass is 35.5. The normalized spacial score (nSPS) is 11.5. The molecule has 28 heavy (non-hydrogen) atoms. The Labute approximate surface area is 175 Å². The maximum atomic E-state index is 12.6. The van der Waals surface area contributed by atoms with Crippen LogP contribution in [0.25, 0.3) is 0 Å². The van der Waals surface area contributed by atoms with Gasteiger partial charge in [0, 0.05) is 16.2 Å². The van der Waals surface area contributed by atoms with Crippen LogP contribution in [0, 0.1) is 0 Å². The topological polar surface area (TPSA) is 64.0 Å². The first kappa shape index (κ1) is 20.7. The van der Waals surface area contributed by atoms with Crippen molar-refractivity contribution in [2.45, 2.75) is 37.6 Å². The van der Waals surface area contributed by atoms with Crippen molar-refractivity contribution in [1.29, 1.82) is 0 Å². The summed E-state index contributed by atoms with van der Waals surface area (Å²) in [4.78, 5) is 0.223. The lowest BCUT2D eigenvalue weighted by Gasteiger charge is -2.07. The predicted molar refractivity (Wildman–Crippen MR) is 114 cm³/mol. The van der Waals surface area contributed by atoms with E-state index in [9.17, 15) is 8.42 Å². The van der Waals surface area contributed by atoms with E-state index >= 15 is 0 Å². The fourth-order valence-corrected chi connectivity index (χ4v) is 4.25. The Morgan fingerprint density at radius 3 is 2.54 bits per heavy atom. The number of hydrogen-bond donors (Lipinski definition) is 1. The van der Waals surface area contributed by atoms with Gasteiger partial charge in [0.05, 0.1) is 23.3 Å². The number of aryl methyl sites for hydroxylation is 1. The number of rotatable bonds is 8. The summed E-state index contributed by atoms with van der Waals surface area (Å²) in [6.45, 7) is 2.54. The second-order valence-electron chi connectivity index (χ2n) is 6.52. The lowest BCUT2D eigenvalue weighted by molar-refractivity contribution is 0.601. The van der Waals surface area contributed by atoms with Gasteiger partial charge in [0.25, 0.3) is 10.0 Å². The van der Waals surface area contributed by atoms with Gasteiger partial charge in [-0.05, 0) is 48.2 Å². The van der Waals surface area contributed by atoms with Crippen molar-refractivity contribution >= 4 is 38.9 Å². The van der Waals surface area contributed by atoms with Crippen molar-refractivity contribution in [3.05, 3.63) is 76.0 Å². The van der Waals surface area contributed by atoms with E-state index < -0.39 is 10.0 Å². The predicted octanol–water partition coefficient (Wildman–Crippen LogP) is 5.38. The maximum Gasteiger partial charge on any atom is 0.261 e. The van der Waals surface area contributed by atoms with Gasteiger partial charge in [0.1, 0.15) is 0 Å². The largest absolute Gasteiger partial charge is 0.276 e. The smallest absolute Gasteiger partial charge is 0.261 e. The van der Waals surface area contributed by atoms with Crippen LogP contribution in [-0.4, -0.2) is 18.2 Å². The number of nitrogens with one attached hydrogen (secondary N) is 1. The van der Waals surface area contributed by atoms with E-state index in [2.05, 4.69) is 16.7 Å². The minimum absolute atomic E-state index is 0.223. The summed E-state index contributed by atoms with van der Waals surface area (Å²) in [7, 11) is -3.67. The van der Waals surface area contributed by atoms with E-state index in [1.54, 1.807) is 35.1 Å². The molecule has 1 N–H and O–H groups in total. The first-order valence-corrected chi connectivity index (χ1v) is 11.2. The fraction of sp³-hybridized carbons (Fsp3) is 0.250. The molecule has 0 aliphatic heterocycles. The molecule has 2 aromatic carbocycles. The van der Waals surface area contributed by atoms with Gasteiger partial charge in [-0.3, -0.25) is 9.40 Å². The zero-order valence-electron chi connectivity index (χ0n) is 15.4. The van der Waals surface area contributed by atoms with Crippen LogP contribution in [0.5, 0.6) is 0 Å². The third-order valence-corrected chi connectivity index (χ3v) is 6.27. The van der Waals surface area contributed by atoms with Crippen molar-refractivity contribution < 1.29 is 8.42 Å². The van der Waals surface area contributed by atoms with E-state index in [0.717, 1.165) is 30.4 Å². The molecule has 0 unspecified atom stereocenters. The SMILES string of the molecule is CCCCc1ccc(S(=O)(=O)Nc2cnn(Cc3ccc(Cl)cc3Cl)c2)cc1. The molecular weight excluding hydrogens is 417 g/mol. The van der Waals surface area contributed by atoms with Crippen LogP contribution in [0.15, 0.2) is 59.8 Å². The van der Waals surface area contributed by atoms with Crippen LogP contribution in [0.3, 0.4) is 0 Å². The quantitative estimate of drug-likeness (QED) is 0.514. The summed E-state index contributed by atoms with van der Waals surface area (Å²) < 4.78 is 29.4. The fourth-order valence-electron chi connectivity index (χ4n) is 2.76. The molecule has 3 rings (SSSR count). The highest BCUT2D eigenvalue weighted by Gasteiger charge is 2.15. The highest BCUT2D eigenvalue weighted by molar-refractivity contribution is 7.92. The van der Waals surface area contributed by atoms with Crippen molar-refractivity contribution in [3.63, 3.8) is 0 Å². The average molecular weight is 438 g/mol. The molecule has 0 saturated carbocycles. The summed E-state index contributed by atoms with van der Waals surface area (Å²) in [6, 6.07) is 12.2. The second-order valence-corrected chi connectivity index (χ2v) is 9.04. The number of aromatic nitrogens is 2. The van der Waals surface area contributed by atoms with E-state index in [1.807, 2.05) is 18.2 Å². The van der Waals surface area contributed by atoms with Crippen LogP contribution in [-0.2, 0) is 23.0 Å². The minimum atomic E-state index is -3.67. The molecule has 1 heterocycles. The van der Waals surface area contributed by atoms with Crippen molar-refractivity contribution in [2.24, 2.45) is 0 Å². The number of halogens is 2. The molecule has 0 atom stereocenters. The van der Waals surface area contributed by atoms with Crippen LogP contribution in [0.2, 0.25) is 10.0 Å². The molecule has 3 aromatic rings. The first-order valence-electron chi connectivity index (χ1n) is 8.95. The first-order chi connectivity index (χ1) is 13.4. The Bertz CT molecular complexity index is 1050. The Kier molecular flexibility index (Phi) is 6.65. The average Bonchev–Trinajstić information content (AvgIpc) is 3.09. The van der Waals surface area contributed by atoms with Crippen molar-refractivity contribution in [3.8, 4) is 0 Å². The molecule has 0 spiro atoms. The van der Waals surface area contributed by atoms with E-state index in [1.165, 1.54) is 6.20 Å². The Hall–Kier alpha value is -2.02. The lowest BCUT2D eigenvalue weighted by Crippen LogP contribution is -2.12. The Morgan fingerprint density at radius 2 is 1.86 bits per heavy atom. The molecule has 0 amide bonds. The van der Waals surface area contributed by atoms with E-state index in [0.29, 0.717) is 22.3 Å². The van der Waals surface area contributed by atoms with Crippen LogP contribution in [0.1, 0.15) is 30.9 Å². The molecule has 1 aromatic heterocycles. The monoisotopic (exact) mass is 437 g/mol. The molecule has 148 valence electrons. The lowest BCUT2D eigenvalue weighted by atomic mass is 10.1. The number of unbranched alkanes of at least 4 members (excludes halogenated alkanes) is 1. The van der Waals surface area contributed by atoms with Gasteiger partial charge in [-0.2, -0.15) is 5.10 Å². The van der Waals surface area contributed by atoms with Gasteiger partial charge in [0.2, 0.25) is 0 Å². The van der Waals surface area contributed by atoms with Crippen molar-refractivity contribution in [2.75, 3.05) is 4.72 Å².